The van der Waals surface area contributed by atoms with Crippen LogP contribution < -0.4 is 10.6 Å². The highest BCUT2D eigenvalue weighted by atomic mass is 16.1. The number of aromatic amines is 1. The highest BCUT2D eigenvalue weighted by Crippen LogP contribution is 2.35. The Morgan fingerprint density at radius 1 is 1.48 bits per heavy atom. The van der Waals surface area contributed by atoms with Crippen molar-refractivity contribution in [3.8, 4) is 0 Å². The van der Waals surface area contributed by atoms with E-state index in [0.29, 0.717) is 5.56 Å². The van der Waals surface area contributed by atoms with Crippen molar-refractivity contribution in [1.29, 1.82) is 0 Å². The minimum atomic E-state index is -0.435. The Morgan fingerprint density at radius 3 is 3.05 bits per heavy atom. The van der Waals surface area contributed by atoms with E-state index in [1.807, 2.05) is 18.2 Å². The fraction of sp³-hybridized carbons (Fsp3) is 0.400. The molecule has 21 heavy (non-hydrogen) atoms. The maximum atomic E-state index is 11.6. The maximum absolute atomic E-state index is 11.6. The number of carbonyl (C=O) groups is 1. The fourth-order valence-electron chi connectivity index (χ4n) is 3.11. The van der Waals surface area contributed by atoms with Crippen LogP contribution >= 0.6 is 0 Å². The van der Waals surface area contributed by atoms with Crippen molar-refractivity contribution in [2.24, 2.45) is 5.73 Å². The summed E-state index contributed by atoms with van der Waals surface area (Å²) in [5, 5.41) is 6.97. The van der Waals surface area contributed by atoms with Crippen LogP contribution in [0.3, 0.4) is 0 Å². The molecule has 1 amide bonds. The molecule has 3 heterocycles. The largest absolute Gasteiger partial charge is 0.365 e. The quantitative estimate of drug-likeness (QED) is 0.893. The first-order valence-corrected chi connectivity index (χ1v) is 7.10. The number of rotatable bonds is 3. The van der Waals surface area contributed by atoms with E-state index in [9.17, 15) is 4.79 Å². The lowest BCUT2D eigenvalue weighted by atomic mass is 9.77. The van der Waals surface area contributed by atoms with E-state index in [4.69, 9.17) is 5.73 Å². The first kappa shape index (κ1) is 13.6. The minimum Gasteiger partial charge on any atom is -0.365 e. The molecule has 3 N–H and O–H groups in total. The molecule has 0 aromatic carbocycles. The van der Waals surface area contributed by atoms with Gasteiger partial charge >= 0.3 is 0 Å². The van der Waals surface area contributed by atoms with Gasteiger partial charge < -0.3 is 10.6 Å². The first-order chi connectivity index (χ1) is 10.1. The summed E-state index contributed by atoms with van der Waals surface area (Å²) in [7, 11) is 0. The Hall–Kier alpha value is -2.37. The van der Waals surface area contributed by atoms with Gasteiger partial charge in [-0.25, -0.2) is 4.98 Å². The van der Waals surface area contributed by atoms with E-state index >= 15 is 0 Å². The van der Waals surface area contributed by atoms with Crippen LogP contribution in [0.15, 0.2) is 30.6 Å². The molecule has 1 aliphatic rings. The summed E-state index contributed by atoms with van der Waals surface area (Å²) in [4.78, 5) is 18.2. The highest BCUT2D eigenvalue weighted by Gasteiger charge is 2.37. The van der Waals surface area contributed by atoms with Gasteiger partial charge in [-0.3, -0.25) is 9.89 Å². The van der Waals surface area contributed by atoms with Crippen LogP contribution in [0.25, 0.3) is 0 Å². The van der Waals surface area contributed by atoms with E-state index in [2.05, 4.69) is 27.0 Å². The smallest absolute Gasteiger partial charge is 0.252 e. The van der Waals surface area contributed by atoms with Gasteiger partial charge in [-0.05, 0) is 25.0 Å². The Labute approximate surface area is 123 Å². The molecular weight excluding hydrogens is 266 g/mol. The van der Waals surface area contributed by atoms with Gasteiger partial charge in [0.25, 0.3) is 5.91 Å². The molecule has 1 aliphatic heterocycles. The lowest BCUT2D eigenvalue weighted by Crippen LogP contribution is -2.45. The molecule has 6 heteroatoms. The third-order valence-corrected chi connectivity index (χ3v) is 4.18. The standard InChI is InChI=1S/C15H19N5O/c1-15(13-11(14(16)21)9-18-19-13)6-4-8-20(10-15)12-5-2-3-7-17-12/h2-3,5,7,9H,4,6,8,10H2,1H3,(H2,16,21)(H,18,19)/t15-/m1/s1. The zero-order chi connectivity index (χ0) is 14.9. The predicted molar refractivity (Wildman–Crippen MR) is 80.1 cm³/mol. The fourth-order valence-corrected chi connectivity index (χ4v) is 3.11. The van der Waals surface area contributed by atoms with Gasteiger partial charge in [0.1, 0.15) is 5.82 Å². The Bertz CT molecular complexity index is 639. The van der Waals surface area contributed by atoms with E-state index in [1.165, 1.54) is 6.20 Å². The SMILES string of the molecule is C[C@@]1(c2[nH]ncc2C(N)=O)CCCN(c2ccccn2)C1. The van der Waals surface area contributed by atoms with Crippen molar-refractivity contribution < 1.29 is 4.79 Å². The Balaban J connectivity index is 1.91. The van der Waals surface area contributed by atoms with Crippen LogP contribution in [0.5, 0.6) is 0 Å². The molecule has 0 radical (unpaired) electrons. The molecule has 1 saturated heterocycles. The molecule has 1 atom stereocenters. The molecule has 0 unspecified atom stereocenters. The number of anilines is 1. The maximum Gasteiger partial charge on any atom is 0.252 e. The molecule has 6 nitrogen and oxygen atoms in total. The normalized spacial score (nSPS) is 22.2. The molecule has 2 aromatic rings. The van der Waals surface area contributed by atoms with Crippen molar-refractivity contribution in [3.63, 3.8) is 0 Å². The van der Waals surface area contributed by atoms with Crippen molar-refractivity contribution >= 4 is 11.7 Å². The number of pyridine rings is 1. The second-order valence-electron chi connectivity index (χ2n) is 5.80. The number of nitrogens with two attached hydrogens (primary N) is 1. The zero-order valence-electron chi connectivity index (χ0n) is 12.0. The van der Waals surface area contributed by atoms with Gasteiger partial charge in [-0.1, -0.05) is 13.0 Å². The van der Waals surface area contributed by atoms with Crippen LogP contribution in [-0.4, -0.2) is 34.2 Å². The van der Waals surface area contributed by atoms with Crippen molar-refractivity contribution in [2.45, 2.75) is 25.2 Å². The van der Waals surface area contributed by atoms with Gasteiger partial charge in [-0.2, -0.15) is 5.10 Å². The van der Waals surface area contributed by atoms with Crippen molar-refractivity contribution in [2.75, 3.05) is 18.0 Å². The van der Waals surface area contributed by atoms with E-state index in [0.717, 1.165) is 37.4 Å². The summed E-state index contributed by atoms with van der Waals surface area (Å²) in [6, 6.07) is 5.90. The summed E-state index contributed by atoms with van der Waals surface area (Å²) in [6.45, 7) is 3.89. The first-order valence-electron chi connectivity index (χ1n) is 7.10. The Kier molecular flexibility index (Phi) is 3.37. The summed E-state index contributed by atoms with van der Waals surface area (Å²) in [5.74, 6) is 0.526. The monoisotopic (exact) mass is 285 g/mol. The number of H-pyrrole nitrogens is 1. The van der Waals surface area contributed by atoms with Gasteiger partial charge in [0.2, 0.25) is 0 Å². The topological polar surface area (TPSA) is 87.9 Å². The molecule has 2 aromatic heterocycles. The van der Waals surface area contributed by atoms with Gasteiger partial charge in [0, 0.05) is 24.7 Å². The van der Waals surface area contributed by atoms with Gasteiger partial charge in [0.15, 0.2) is 0 Å². The third kappa shape index (κ3) is 2.49. The number of nitrogens with zero attached hydrogens (tertiary/aromatic N) is 3. The summed E-state index contributed by atoms with van der Waals surface area (Å²) in [5.41, 5.74) is 6.58. The van der Waals surface area contributed by atoms with E-state index in [1.54, 1.807) is 6.20 Å². The van der Waals surface area contributed by atoms with Crippen LogP contribution in [0.2, 0.25) is 0 Å². The van der Waals surface area contributed by atoms with Crippen molar-refractivity contribution in [3.05, 3.63) is 41.9 Å². The second kappa shape index (κ2) is 5.20. The molecule has 3 rings (SSSR count). The van der Waals surface area contributed by atoms with Crippen molar-refractivity contribution in [1.82, 2.24) is 15.2 Å². The number of hydrogen-bond donors (Lipinski definition) is 2. The highest BCUT2D eigenvalue weighted by molar-refractivity contribution is 5.94. The van der Waals surface area contributed by atoms with Crippen LogP contribution in [0.4, 0.5) is 5.82 Å². The predicted octanol–water partition coefficient (Wildman–Crippen LogP) is 1.46. The number of primary amides is 1. The molecule has 0 aliphatic carbocycles. The van der Waals surface area contributed by atoms with Crippen LogP contribution in [-0.2, 0) is 5.41 Å². The van der Waals surface area contributed by atoms with Crippen LogP contribution in [0.1, 0.15) is 35.8 Å². The molecule has 0 saturated carbocycles. The lowest BCUT2D eigenvalue weighted by Gasteiger charge is -2.40. The summed E-state index contributed by atoms with van der Waals surface area (Å²) >= 11 is 0. The van der Waals surface area contributed by atoms with Gasteiger partial charge in [0.05, 0.1) is 17.5 Å². The van der Waals surface area contributed by atoms with Gasteiger partial charge in [-0.15, -0.1) is 0 Å². The van der Waals surface area contributed by atoms with Crippen LogP contribution in [0, 0.1) is 0 Å². The second-order valence-corrected chi connectivity index (χ2v) is 5.80. The summed E-state index contributed by atoms with van der Waals surface area (Å²) < 4.78 is 0. The third-order valence-electron chi connectivity index (χ3n) is 4.18. The average molecular weight is 285 g/mol. The van der Waals surface area contributed by atoms with E-state index < -0.39 is 5.91 Å². The molecule has 0 bridgehead atoms. The minimum absolute atomic E-state index is 0.184. The number of aromatic nitrogens is 3. The number of nitrogens with one attached hydrogen (secondary N) is 1. The lowest BCUT2D eigenvalue weighted by molar-refractivity contribution is 0.0997. The number of hydrogen-bond acceptors (Lipinski definition) is 4. The zero-order valence-corrected chi connectivity index (χ0v) is 12.0. The molecule has 0 spiro atoms. The number of piperidine rings is 1. The number of amides is 1. The summed E-state index contributed by atoms with van der Waals surface area (Å²) in [6.07, 6.45) is 5.33. The molecule has 110 valence electrons. The van der Waals surface area contributed by atoms with E-state index in [-0.39, 0.29) is 5.41 Å². The average Bonchev–Trinajstić information content (AvgIpc) is 2.99. The number of carbonyl (C=O) groups excluding carboxylic acids is 1. The Morgan fingerprint density at radius 2 is 2.33 bits per heavy atom. The molecule has 1 fully saturated rings. The molecular formula is C15H19N5O.